The molecular weight excluding hydrogens is 329 g/mol. The van der Waals surface area contributed by atoms with E-state index in [1.54, 1.807) is 24.3 Å². The zero-order valence-corrected chi connectivity index (χ0v) is 12.5. The zero-order valence-electron chi connectivity index (χ0n) is 11.7. The number of nitrogens with two attached hydrogens (primary N) is 1. The molecule has 2 aromatic carbocycles. The summed E-state index contributed by atoms with van der Waals surface area (Å²) < 4.78 is 38.6. The number of alkyl halides is 3. The Hall–Kier alpha value is -2.05. The number of anilines is 1. The van der Waals surface area contributed by atoms with Crippen LogP contribution in [0.25, 0.3) is 0 Å². The Kier molecular flexibility index (Phi) is 3.82. The molecule has 1 aliphatic heterocycles. The summed E-state index contributed by atoms with van der Waals surface area (Å²) in [6, 6.07) is 10.1. The highest BCUT2D eigenvalue weighted by molar-refractivity contribution is 6.30. The highest BCUT2D eigenvalue weighted by Crippen LogP contribution is 2.40. The van der Waals surface area contributed by atoms with E-state index < -0.39 is 29.7 Å². The van der Waals surface area contributed by atoms with Crippen molar-refractivity contribution in [2.75, 3.05) is 4.90 Å². The molecule has 0 saturated carbocycles. The van der Waals surface area contributed by atoms with Crippen LogP contribution in [-0.2, 0) is 11.0 Å². The second-order valence-corrected chi connectivity index (χ2v) is 5.72. The van der Waals surface area contributed by atoms with Gasteiger partial charge in [-0.25, -0.2) is 0 Å². The van der Waals surface area contributed by atoms with Gasteiger partial charge in [-0.2, -0.15) is 13.2 Å². The number of nitrogens with zero attached hydrogens (tertiary/aromatic N) is 1. The van der Waals surface area contributed by atoms with Gasteiger partial charge in [0.2, 0.25) is 5.91 Å². The van der Waals surface area contributed by atoms with Crippen molar-refractivity contribution in [2.45, 2.75) is 18.3 Å². The van der Waals surface area contributed by atoms with E-state index in [-0.39, 0.29) is 5.69 Å². The summed E-state index contributed by atoms with van der Waals surface area (Å²) in [6.07, 6.45) is -4.47. The maximum absolute atomic E-state index is 12.9. The molecule has 0 aromatic heterocycles. The van der Waals surface area contributed by atoms with E-state index in [4.69, 9.17) is 17.3 Å². The SMILES string of the molecule is N[C@H]1C(=O)N(c2cccc(C(F)(F)F)c2)[C@@H]1c1cccc(Cl)c1. The zero-order chi connectivity index (χ0) is 16.8. The molecule has 0 aliphatic carbocycles. The highest BCUT2D eigenvalue weighted by Gasteiger charge is 2.47. The third kappa shape index (κ3) is 2.80. The van der Waals surface area contributed by atoms with E-state index in [1.807, 2.05) is 0 Å². The first-order valence-corrected chi connectivity index (χ1v) is 7.18. The molecule has 2 atom stereocenters. The summed E-state index contributed by atoms with van der Waals surface area (Å²) in [7, 11) is 0. The highest BCUT2D eigenvalue weighted by atomic mass is 35.5. The number of carbonyl (C=O) groups is 1. The average Bonchev–Trinajstić information content (AvgIpc) is 2.50. The topological polar surface area (TPSA) is 46.3 Å². The van der Waals surface area contributed by atoms with Crippen LogP contribution in [0.5, 0.6) is 0 Å². The molecule has 0 spiro atoms. The lowest BCUT2D eigenvalue weighted by Gasteiger charge is -2.45. The summed E-state index contributed by atoms with van der Waals surface area (Å²) in [6.45, 7) is 0. The van der Waals surface area contributed by atoms with E-state index in [0.29, 0.717) is 10.6 Å². The van der Waals surface area contributed by atoms with Crippen LogP contribution in [0.2, 0.25) is 5.02 Å². The van der Waals surface area contributed by atoms with Crippen LogP contribution in [0.3, 0.4) is 0 Å². The summed E-state index contributed by atoms with van der Waals surface area (Å²) in [4.78, 5) is 13.3. The Morgan fingerprint density at radius 1 is 1.09 bits per heavy atom. The van der Waals surface area contributed by atoms with Crippen molar-refractivity contribution >= 4 is 23.2 Å². The normalized spacial score (nSPS) is 21.3. The lowest BCUT2D eigenvalue weighted by atomic mass is 9.88. The molecule has 2 aromatic rings. The molecule has 1 fully saturated rings. The molecule has 3 rings (SSSR count). The summed E-state index contributed by atoms with van der Waals surface area (Å²) in [5.41, 5.74) is 5.88. The van der Waals surface area contributed by atoms with Gasteiger partial charge in [0, 0.05) is 10.7 Å². The van der Waals surface area contributed by atoms with Gasteiger partial charge in [-0.05, 0) is 35.9 Å². The smallest absolute Gasteiger partial charge is 0.318 e. The molecule has 7 heteroatoms. The Morgan fingerprint density at radius 2 is 1.78 bits per heavy atom. The summed E-state index contributed by atoms with van der Waals surface area (Å²) >= 11 is 5.94. The molecule has 0 bridgehead atoms. The van der Waals surface area contributed by atoms with Crippen LogP contribution < -0.4 is 10.6 Å². The number of β-lactam (4-membered cyclic amide) rings is 1. The third-order valence-corrected chi connectivity index (χ3v) is 4.02. The van der Waals surface area contributed by atoms with Crippen LogP contribution in [0, 0.1) is 0 Å². The molecule has 1 aliphatic rings. The largest absolute Gasteiger partial charge is 0.416 e. The number of hydrogen-bond donors (Lipinski definition) is 1. The van der Waals surface area contributed by atoms with Crippen LogP contribution in [0.1, 0.15) is 17.2 Å². The standard InChI is InChI=1S/C16H12ClF3N2O/c17-11-5-1-3-9(7-11)14-13(21)15(23)22(14)12-6-2-4-10(8-12)16(18,19)20/h1-8,13-14H,21H2/t13-,14-/m1/s1. The van der Waals surface area contributed by atoms with E-state index in [0.717, 1.165) is 12.1 Å². The first-order chi connectivity index (χ1) is 10.8. The second-order valence-electron chi connectivity index (χ2n) is 5.28. The lowest BCUT2D eigenvalue weighted by molar-refractivity contribution is -0.137. The van der Waals surface area contributed by atoms with Crippen LogP contribution >= 0.6 is 11.6 Å². The second kappa shape index (κ2) is 5.54. The van der Waals surface area contributed by atoms with Gasteiger partial charge >= 0.3 is 6.18 Å². The van der Waals surface area contributed by atoms with Gasteiger partial charge in [0.1, 0.15) is 6.04 Å². The first kappa shape index (κ1) is 15.8. The Morgan fingerprint density at radius 3 is 2.43 bits per heavy atom. The van der Waals surface area contributed by atoms with Gasteiger partial charge in [0.05, 0.1) is 11.6 Å². The number of carbonyl (C=O) groups excluding carboxylic acids is 1. The fraction of sp³-hybridized carbons (Fsp3) is 0.188. The predicted molar refractivity (Wildman–Crippen MR) is 81.1 cm³/mol. The van der Waals surface area contributed by atoms with Gasteiger partial charge in [-0.3, -0.25) is 4.79 Å². The van der Waals surface area contributed by atoms with Crippen molar-refractivity contribution in [3.63, 3.8) is 0 Å². The predicted octanol–water partition coefficient (Wildman–Crippen LogP) is 3.77. The maximum atomic E-state index is 12.9. The number of rotatable bonds is 2. The Balaban J connectivity index is 2.00. The minimum Gasteiger partial charge on any atom is -0.318 e. The number of amides is 1. The van der Waals surface area contributed by atoms with Crippen molar-refractivity contribution in [1.82, 2.24) is 0 Å². The number of halogens is 4. The van der Waals surface area contributed by atoms with Crippen LogP contribution in [0.4, 0.5) is 18.9 Å². The molecule has 1 saturated heterocycles. The Bertz CT molecular complexity index is 763. The lowest BCUT2D eigenvalue weighted by Crippen LogP contribution is -2.63. The van der Waals surface area contributed by atoms with Crippen molar-refractivity contribution < 1.29 is 18.0 Å². The van der Waals surface area contributed by atoms with Crippen molar-refractivity contribution in [3.8, 4) is 0 Å². The first-order valence-electron chi connectivity index (χ1n) is 6.80. The molecule has 3 nitrogen and oxygen atoms in total. The van der Waals surface area contributed by atoms with Crippen LogP contribution in [-0.4, -0.2) is 11.9 Å². The summed E-state index contributed by atoms with van der Waals surface area (Å²) in [5.74, 6) is -0.422. The fourth-order valence-electron chi connectivity index (χ4n) is 2.68. The summed E-state index contributed by atoms with van der Waals surface area (Å²) in [5, 5.41) is 0.470. The molecule has 120 valence electrons. The van der Waals surface area contributed by atoms with Gasteiger partial charge in [0.15, 0.2) is 0 Å². The van der Waals surface area contributed by atoms with Gasteiger partial charge < -0.3 is 10.6 Å². The maximum Gasteiger partial charge on any atom is 0.416 e. The number of hydrogen-bond acceptors (Lipinski definition) is 2. The van der Waals surface area contributed by atoms with E-state index in [9.17, 15) is 18.0 Å². The van der Waals surface area contributed by atoms with E-state index in [1.165, 1.54) is 17.0 Å². The van der Waals surface area contributed by atoms with E-state index >= 15 is 0 Å². The van der Waals surface area contributed by atoms with Gasteiger partial charge in [-0.1, -0.05) is 29.8 Å². The van der Waals surface area contributed by atoms with Crippen molar-refractivity contribution in [2.24, 2.45) is 5.73 Å². The van der Waals surface area contributed by atoms with E-state index in [2.05, 4.69) is 0 Å². The van der Waals surface area contributed by atoms with Crippen LogP contribution in [0.15, 0.2) is 48.5 Å². The van der Waals surface area contributed by atoms with Gasteiger partial charge in [0.25, 0.3) is 0 Å². The molecule has 0 unspecified atom stereocenters. The molecule has 2 N–H and O–H groups in total. The quantitative estimate of drug-likeness (QED) is 0.846. The average molecular weight is 341 g/mol. The minimum atomic E-state index is -4.47. The Labute approximate surface area is 135 Å². The minimum absolute atomic E-state index is 0.163. The van der Waals surface area contributed by atoms with Gasteiger partial charge in [-0.15, -0.1) is 0 Å². The molecular formula is C16H12ClF3N2O. The third-order valence-electron chi connectivity index (χ3n) is 3.78. The monoisotopic (exact) mass is 340 g/mol. The molecule has 1 heterocycles. The van der Waals surface area contributed by atoms with Crippen molar-refractivity contribution in [3.05, 3.63) is 64.7 Å². The molecule has 23 heavy (non-hydrogen) atoms. The van der Waals surface area contributed by atoms with Crippen molar-refractivity contribution in [1.29, 1.82) is 0 Å². The molecule has 0 radical (unpaired) electrons. The number of benzene rings is 2. The fourth-order valence-corrected chi connectivity index (χ4v) is 2.88. The molecule has 1 amide bonds.